The minimum absolute atomic E-state index is 0.306. The Morgan fingerprint density at radius 3 is 3.00 bits per heavy atom. The van der Waals surface area contributed by atoms with Crippen molar-refractivity contribution in [2.45, 2.75) is 31.6 Å². The average molecular weight is 216 g/mol. The minimum atomic E-state index is 0.306. The van der Waals surface area contributed by atoms with Gasteiger partial charge in [-0.05, 0) is 13.2 Å². The summed E-state index contributed by atoms with van der Waals surface area (Å²) in [4.78, 5) is 13.8. The molecular weight excluding hydrogens is 196 g/mol. The molecule has 0 aliphatic carbocycles. The highest BCUT2D eigenvalue weighted by Gasteiger charge is 2.21. The lowest BCUT2D eigenvalue weighted by Crippen LogP contribution is -2.51. The predicted molar refractivity (Wildman–Crippen MR) is 61.6 cm³/mol. The van der Waals surface area contributed by atoms with Gasteiger partial charge in [-0.2, -0.15) is 11.8 Å². The first-order valence-electron chi connectivity index (χ1n) is 5.17. The molecule has 1 heterocycles. The van der Waals surface area contributed by atoms with Gasteiger partial charge in [0.25, 0.3) is 0 Å². The van der Waals surface area contributed by atoms with Crippen LogP contribution in [0.4, 0.5) is 0 Å². The second kappa shape index (κ2) is 5.61. The quantitative estimate of drug-likeness (QED) is 0.762. The van der Waals surface area contributed by atoms with Gasteiger partial charge in [0.2, 0.25) is 5.91 Å². The summed E-state index contributed by atoms with van der Waals surface area (Å²) in [6.45, 7) is 6.89. The fourth-order valence-electron chi connectivity index (χ4n) is 1.62. The summed E-state index contributed by atoms with van der Waals surface area (Å²) in [7, 11) is 0. The highest BCUT2D eigenvalue weighted by atomic mass is 32.2. The summed E-state index contributed by atoms with van der Waals surface area (Å²) in [5.74, 6) is 0.306. The van der Waals surface area contributed by atoms with Crippen LogP contribution in [0.3, 0.4) is 0 Å². The number of nitrogens with zero attached hydrogens (tertiary/aromatic N) is 1. The van der Waals surface area contributed by atoms with Crippen molar-refractivity contribution in [2.24, 2.45) is 0 Å². The molecule has 1 unspecified atom stereocenters. The maximum Gasteiger partial charge on any atom is 0.223 e. The third-order valence-corrected chi connectivity index (χ3v) is 3.56. The van der Waals surface area contributed by atoms with E-state index in [4.69, 9.17) is 0 Å². The van der Waals surface area contributed by atoms with Crippen molar-refractivity contribution in [2.75, 3.05) is 25.9 Å². The fraction of sp³-hybridized carbons (Fsp3) is 0.900. The van der Waals surface area contributed by atoms with Crippen LogP contribution in [0.25, 0.3) is 0 Å². The Labute approximate surface area is 90.6 Å². The Balaban J connectivity index is 2.36. The Hall–Kier alpha value is -0.220. The van der Waals surface area contributed by atoms with Gasteiger partial charge in [-0.15, -0.1) is 0 Å². The Bertz CT molecular complexity index is 199. The van der Waals surface area contributed by atoms with E-state index in [1.54, 1.807) is 11.8 Å². The first kappa shape index (κ1) is 11.9. The molecule has 1 amide bonds. The second-order valence-electron chi connectivity index (χ2n) is 3.95. The summed E-state index contributed by atoms with van der Waals surface area (Å²) >= 11 is 1.75. The van der Waals surface area contributed by atoms with E-state index in [9.17, 15) is 4.79 Å². The topological polar surface area (TPSA) is 32.3 Å². The zero-order chi connectivity index (χ0) is 10.6. The van der Waals surface area contributed by atoms with E-state index in [0.29, 0.717) is 23.6 Å². The maximum absolute atomic E-state index is 11.8. The number of hydrogen-bond acceptors (Lipinski definition) is 3. The van der Waals surface area contributed by atoms with Crippen molar-refractivity contribution in [3.63, 3.8) is 0 Å². The molecule has 4 heteroatoms. The van der Waals surface area contributed by atoms with Crippen LogP contribution in [0.5, 0.6) is 0 Å². The lowest BCUT2D eigenvalue weighted by Gasteiger charge is -2.32. The Kier molecular flexibility index (Phi) is 4.75. The summed E-state index contributed by atoms with van der Waals surface area (Å²) in [5, 5.41) is 3.77. The van der Waals surface area contributed by atoms with E-state index in [0.717, 1.165) is 19.6 Å². The van der Waals surface area contributed by atoms with Crippen LogP contribution in [0.2, 0.25) is 0 Å². The molecule has 1 N–H and O–H groups in total. The normalized spacial score (nSPS) is 24.8. The highest BCUT2D eigenvalue weighted by Crippen LogP contribution is 2.12. The summed E-state index contributed by atoms with van der Waals surface area (Å²) in [5.41, 5.74) is 0. The molecule has 0 aromatic carbocycles. The monoisotopic (exact) mass is 216 g/mol. The lowest BCUT2D eigenvalue weighted by atomic mass is 10.2. The molecule has 0 aromatic rings. The number of piperazine rings is 1. The molecule has 2 atom stereocenters. The highest BCUT2D eigenvalue weighted by molar-refractivity contribution is 7.99. The molecule has 1 saturated heterocycles. The predicted octanol–water partition coefficient (Wildman–Crippen LogP) is 0.948. The number of thioether (sulfide) groups is 1. The SMILES string of the molecule is CSC(C)CC(=O)N1CCN[C@H](C)C1. The van der Waals surface area contributed by atoms with Crippen LogP contribution in [0.1, 0.15) is 20.3 Å². The smallest absolute Gasteiger partial charge is 0.223 e. The van der Waals surface area contributed by atoms with Crippen molar-refractivity contribution < 1.29 is 4.79 Å². The van der Waals surface area contributed by atoms with E-state index < -0.39 is 0 Å². The van der Waals surface area contributed by atoms with Crippen molar-refractivity contribution in [3.8, 4) is 0 Å². The summed E-state index contributed by atoms with van der Waals surface area (Å²) in [6, 6.07) is 0.442. The molecule has 0 aromatic heterocycles. The van der Waals surface area contributed by atoms with Gasteiger partial charge in [0, 0.05) is 37.3 Å². The Morgan fingerprint density at radius 1 is 1.71 bits per heavy atom. The van der Waals surface area contributed by atoms with E-state index in [-0.39, 0.29) is 0 Å². The van der Waals surface area contributed by atoms with Crippen LogP contribution in [0, 0.1) is 0 Å². The molecule has 3 nitrogen and oxygen atoms in total. The molecule has 0 spiro atoms. The first-order valence-corrected chi connectivity index (χ1v) is 6.46. The maximum atomic E-state index is 11.8. The van der Waals surface area contributed by atoms with Crippen molar-refractivity contribution in [1.29, 1.82) is 0 Å². The third-order valence-electron chi connectivity index (χ3n) is 2.59. The van der Waals surface area contributed by atoms with Gasteiger partial charge in [0.1, 0.15) is 0 Å². The molecule has 1 fully saturated rings. The van der Waals surface area contributed by atoms with Crippen LogP contribution in [0.15, 0.2) is 0 Å². The largest absolute Gasteiger partial charge is 0.340 e. The van der Waals surface area contributed by atoms with Crippen molar-refractivity contribution >= 4 is 17.7 Å². The van der Waals surface area contributed by atoms with E-state index in [2.05, 4.69) is 25.4 Å². The van der Waals surface area contributed by atoms with Gasteiger partial charge in [0.05, 0.1) is 0 Å². The van der Waals surface area contributed by atoms with Crippen LogP contribution >= 0.6 is 11.8 Å². The van der Waals surface area contributed by atoms with E-state index in [1.807, 2.05) is 4.90 Å². The van der Waals surface area contributed by atoms with Gasteiger partial charge in [0.15, 0.2) is 0 Å². The first-order chi connectivity index (χ1) is 6.63. The van der Waals surface area contributed by atoms with Crippen molar-refractivity contribution in [3.05, 3.63) is 0 Å². The number of amides is 1. The molecule has 0 radical (unpaired) electrons. The second-order valence-corrected chi connectivity index (χ2v) is 5.22. The summed E-state index contributed by atoms with van der Waals surface area (Å²) < 4.78 is 0. The van der Waals surface area contributed by atoms with Gasteiger partial charge in [-0.3, -0.25) is 4.79 Å². The van der Waals surface area contributed by atoms with Gasteiger partial charge < -0.3 is 10.2 Å². The molecule has 0 bridgehead atoms. The number of nitrogens with one attached hydrogen (secondary N) is 1. The molecular formula is C10H20N2OS. The van der Waals surface area contributed by atoms with Crippen molar-refractivity contribution in [1.82, 2.24) is 10.2 Å². The van der Waals surface area contributed by atoms with E-state index in [1.165, 1.54) is 0 Å². The standard InChI is InChI=1S/C10H20N2OS/c1-8-7-12(5-4-11-8)10(13)6-9(2)14-3/h8-9,11H,4-7H2,1-3H3/t8-,9?/m1/s1. The average Bonchev–Trinajstić information content (AvgIpc) is 2.17. The molecule has 1 aliphatic rings. The van der Waals surface area contributed by atoms with Gasteiger partial charge in [-0.1, -0.05) is 6.92 Å². The molecule has 1 aliphatic heterocycles. The number of carbonyl (C=O) groups excluding carboxylic acids is 1. The number of hydrogen-bond donors (Lipinski definition) is 1. The Morgan fingerprint density at radius 2 is 2.43 bits per heavy atom. The van der Waals surface area contributed by atoms with Gasteiger partial charge in [-0.25, -0.2) is 0 Å². The zero-order valence-corrected chi connectivity index (χ0v) is 10.1. The number of carbonyl (C=O) groups is 1. The minimum Gasteiger partial charge on any atom is -0.340 e. The summed E-state index contributed by atoms with van der Waals surface area (Å²) in [6.07, 6.45) is 2.73. The molecule has 14 heavy (non-hydrogen) atoms. The zero-order valence-electron chi connectivity index (χ0n) is 9.25. The fourth-order valence-corrected chi connectivity index (χ4v) is 1.93. The van der Waals surface area contributed by atoms with E-state index >= 15 is 0 Å². The molecule has 82 valence electrons. The van der Waals surface area contributed by atoms with Crippen LogP contribution in [-0.4, -0.2) is 48.0 Å². The van der Waals surface area contributed by atoms with Crippen LogP contribution in [-0.2, 0) is 4.79 Å². The third kappa shape index (κ3) is 3.50. The van der Waals surface area contributed by atoms with Crippen LogP contribution < -0.4 is 5.32 Å². The number of rotatable bonds is 3. The lowest BCUT2D eigenvalue weighted by molar-refractivity contribution is -0.132. The van der Waals surface area contributed by atoms with Gasteiger partial charge >= 0.3 is 0 Å². The molecule has 0 saturated carbocycles. The molecule has 1 rings (SSSR count).